The molecule has 1 heterocycles. The number of para-hydroxylation sites is 1. The van der Waals surface area contributed by atoms with Gasteiger partial charge < -0.3 is 5.32 Å². The van der Waals surface area contributed by atoms with Crippen LogP contribution < -0.4 is 5.32 Å². The van der Waals surface area contributed by atoms with Crippen molar-refractivity contribution in [2.75, 3.05) is 11.9 Å². The number of Topliss-reactive ketones (excluding diaryl/α,β-unsaturated/α-hetero) is 1. The summed E-state index contributed by atoms with van der Waals surface area (Å²) in [5.41, 5.74) is 2.51. The molecule has 0 spiro atoms. The van der Waals surface area contributed by atoms with E-state index in [-0.39, 0.29) is 0 Å². The molecule has 17 heavy (non-hydrogen) atoms. The number of nitrogens with one attached hydrogen (secondary N) is 1. The van der Waals surface area contributed by atoms with Gasteiger partial charge in [0.1, 0.15) is 5.78 Å². The zero-order valence-corrected chi connectivity index (χ0v) is 10.7. The van der Waals surface area contributed by atoms with Gasteiger partial charge in [-0.25, -0.2) is 0 Å². The summed E-state index contributed by atoms with van der Waals surface area (Å²) in [5, 5.41) is 3.37. The molecular formula is C15H21NO. The van der Waals surface area contributed by atoms with Gasteiger partial charge in [-0.05, 0) is 24.0 Å². The Hall–Kier alpha value is -1.31. The van der Waals surface area contributed by atoms with Crippen molar-refractivity contribution in [3.05, 3.63) is 29.8 Å². The van der Waals surface area contributed by atoms with Gasteiger partial charge in [-0.15, -0.1) is 0 Å². The number of carbonyl (C=O) groups is 1. The van der Waals surface area contributed by atoms with Crippen molar-refractivity contribution >= 4 is 11.5 Å². The predicted molar refractivity (Wildman–Crippen MR) is 71.4 cm³/mol. The summed E-state index contributed by atoms with van der Waals surface area (Å²) in [5.74, 6) is 1.40. The highest BCUT2D eigenvalue weighted by atomic mass is 16.1. The van der Waals surface area contributed by atoms with Crippen LogP contribution in [0.4, 0.5) is 5.69 Å². The van der Waals surface area contributed by atoms with Crippen LogP contribution in [0.3, 0.4) is 0 Å². The van der Waals surface area contributed by atoms with E-state index in [9.17, 15) is 4.79 Å². The Labute approximate surface area is 103 Å². The fraction of sp³-hybridized carbons (Fsp3) is 0.533. The van der Waals surface area contributed by atoms with E-state index in [1.807, 2.05) is 6.07 Å². The number of hydrogen-bond donors (Lipinski definition) is 1. The van der Waals surface area contributed by atoms with Gasteiger partial charge in [-0.3, -0.25) is 4.79 Å². The molecule has 0 radical (unpaired) electrons. The minimum atomic E-state index is 0.380. The van der Waals surface area contributed by atoms with Crippen LogP contribution in [-0.2, 0) is 4.79 Å². The lowest BCUT2D eigenvalue weighted by Gasteiger charge is -2.10. The van der Waals surface area contributed by atoms with E-state index in [1.165, 1.54) is 11.3 Å². The van der Waals surface area contributed by atoms with Crippen LogP contribution in [0.1, 0.15) is 44.6 Å². The Morgan fingerprint density at radius 3 is 2.94 bits per heavy atom. The highest BCUT2D eigenvalue weighted by molar-refractivity contribution is 5.80. The van der Waals surface area contributed by atoms with Crippen LogP contribution in [0, 0.1) is 5.92 Å². The van der Waals surface area contributed by atoms with E-state index in [0.29, 0.717) is 24.0 Å². The number of carbonyl (C=O) groups excluding carboxylic acids is 1. The van der Waals surface area contributed by atoms with Crippen LogP contribution in [-0.4, -0.2) is 12.3 Å². The summed E-state index contributed by atoms with van der Waals surface area (Å²) >= 11 is 0. The van der Waals surface area contributed by atoms with Gasteiger partial charge in [0, 0.05) is 31.0 Å². The standard InChI is InChI=1S/C15H21NO/c1-11(2)7-8-13(17)9-12-10-16-15-6-4-3-5-14(12)15/h3-6,11-12,16H,7-10H2,1-2H3. The molecule has 1 aromatic carbocycles. The fourth-order valence-electron chi connectivity index (χ4n) is 2.37. The van der Waals surface area contributed by atoms with Crippen molar-refractivity contribution < 1.29 is 4.79 Å². The summed E-state index contributed by atoms with van der Waals surface area (Å²) in [4.78, 5) is 11.9. The van der Waals surface area contributed by atoms with Crippen LogP contribution >= 0.6 is 0 Å². The second-order valence-electron chi connectivity index (χ2n) is 5.34. The largest absolute Gasteiger partial charge is 0.384 e. The molecule has 0 fully saturated rings. The first-order valence-electron chi connectivity index (χ1n) is 6.51. The highest BCUT2D eigenvalue weighted by Gasteiger charge is 2.23. The zero-order chi connectivity index (χ0) is 12.3. The Morgan fingerprint density at radius 1 is 1.41 bits per heavy atom. The van der Waals surface area contributed by atoms with Gasteiger partial charge in [-0.1, -0.05) is 32.0 Å². The number of hydrogen-bond acceptors (Lipinski definition) is 2. The SMILES string of the molecule is CC(C)CCC(=O)CC1CNc2ccccc21. The lowest BCUT2D eigenvalue weighted by Crippen LogP contribution is -2.09. The molecule has 0 bridgehead atoms. The molecule has 2 heteroatoms. The van der Waals surface area contributed by atoms with E-state index >= 15 is 0 Å². The van der Waals surface area contributed by atoms with Crippen LogP contribution in [0.25, 0.3) is 0 Å². The Balaban J connectivity index is 1.91. The van der Waals surface area contributed by atoms with Gasteiger partial charge >= 0.3 is 0 Å². The Kier molecular flexibility index (Phi) is 3.82. The van der Waals surface area contributed by atoms with Gasteiger partial charge in [0.05, 0.1) is 0 Å². The fourth-order valence-corrected chi connectivity index (χ4v) is 2.37. The van der Waals surface area contributed by atoms with E-state index in [4.69, 9.17) is 0 Å². The third kappa shape index (κ3) is 3.09. The average molecular weight is 231 g/mol. The van der Waals surface area contributed by atoms with Crippen molar-refractivity contribution in [1.82, 2.24) is 0 Å². The minimum absolute atomic E-state index is 0.380. The van der Waals surface area contributed by atoms with E-state index < -0.39 is 0 Å². The molecule has 1 atom stereocenters. The van der Waals surface area contributed by atoms with Gasteiger partial charge in [0.2, 0.25) is 0 Å². The molecule has 0 aromatic heterocycles. The number of ketones is 1. The maximum absolute atomic E-state index is 11.9. The first-order valence-corrected chi connectivity index (χ1v) is 6.51. The first-order chi connectivity index (χ1) is 8.16. The van der Waals surface area contributed by atoms with E-state index in [2.05, 4.69) is 37.4 Å². The van der Waals surface area contributed by atoms with Crippen LogP contribution in [0.15, 0.2) is 24.3 Å². The molecule has 0 saturated heterocycles. The summed E-state index contributed by atoms with van der Waals surface area (Å²) < 4.78 is 0. The third-order valence-electron chi connectivity index (χ3n) is 3.41. The molecule has 1 unspecified atom stereocenters. The molecule has 1 aromatic rings. The lowest BCUT2D eigenvalue weighted by atomic mass is 9.93. The minimum Gasteiger partial charge on any atom is -0.384 e. The second-order valence-corrected chi connectivity index (χ2v) is 5.34. The highest BCUT2D eigenvalue weighted by Crippen LogP contribution is 2.33. The Bertz CT molecular complexity index is 398. The molecular weight excluding hydrogens is 210 g/mol. The molecule has 1 aliphatic heterocycles. The number of rotatable bonds is 5. The summed E-state index contributed by atoms with van der Waals surface area (Å²) in [6, 6.07) is 8.32. The van der Waals surface area contributed by atoms with E-state index in [0.717, 1.165) is 19.4 Å². The summed E-state index contributed by atoms with van der Waals surface area (Å²) in [7, 11) is 0. The van der Waals surface area contributed by atoms with Crippen molar-refractivity contribution in [2.24, 2.45) is 5.92 Å². The van der Waals surface area contributed by atoms with Crippen molar-refractivity contribution in [1.29, 1.82) is 0 Å². The monoisotopic (exact) mass is 231 g/mol. The van der Waals surface area contributed by atoms with Crippen molar-refractivity contribution in [3.63, 3.8) is 0 Å². The zero-order valence-electron chi connectivity index (χ0n) is 10.7. The Morgan fingerprint density at radius 2 is 2.18 bits per heavy atom. The number of anilines is 1. The lowest BCUT2D eigenvalue weighted by molar-refractivity contribution is -0.119. The third-order valence-corrected chi connectivity index (χ3v) is 3.41. The van der Waals surface area contributed by atoms with Crippen LogP contribution in [0.2, 0.25) is 0 Å². The van der Waals surface area contributed by atoms with Gasteiger partial charge in [0.25, 0.3) is 0 Å². The molecule has 0 amide bonds. The summed E-state index contributed by atoms with van der Waals surface area (Å²) in [6.07, 6.45) is 2.44. The first kappa shape index (κ1) is 12.2. The molecule has 1 aliphatic rings. The maximum Gasteiger partial charge on any atom is 0.133 e. The molecule has 2 nitrogen and oxygen atoms in total. The molecule has 0 saturated carbocycles. The normalized spacial score (nSPS) is 17.9. The van der Waals surface area contributed by atoms with Gasteiger partial charge in [-0.2, -0.15) is 0 Å². The average Bonchev–Trinajstić information content (AvgIpc) is 2.70. The quantitative estimate of drug-likeness (QED) is 0.839. The molecule has 0 aliphatic carbocycles. The predicted octanol–water partition coefficient (Wildman–Crippen LogP) is 3.59. The summed E-state index contributed by atoms with van der Waals surface area (Å²) in [6.45, 7) is 5.24. The molecule has 1 N–H and O–H groups in total. The smallest absolute Gasteiger partial charge is 0.133 e. The maximum atomic E-state index is 11.9. The topological polar surface area (TPSA) is 29.1 Å². The number of benzene rings is 1. The van der Waals surface area contributed by atoms with Crippen molar-refractivity contribution in [2.45, 2.75) is 39.0 Å². The molecule has 92 valence electrons. The van der Waals surface area contributed by atoms with Gasteiger partial charge in [0.15, 0.2) is 0 Å². The van der Waals surface area contributed by atoms with Crippen LogP contribution in [0.5, 0.6) is 0 Å². The van der Waals surface area contributed by atoms with E-state index in [1.54, 1.807) is 0 Å². The van der Waals surface area contributed by atoms with Crippen molar-refractivity contribution in [3.8, 4) is 0 Å². The number of fused-ring (bicyclic) bond motifs is 1. The second kappa shape index (κ2) is 5.35. The molecule has 2 rings (SSSR count).